The van der Waals surface area contributed by atoms with E-state index in [2.05, 4.69) is 37.2 Å². The highest BCUT2D eigenvalue weighted by molar-refractivity contribution is 5.98. The third kappa shape index (κ3) is 24.3. The molecule has 1 aliphatic rings. The van der Waals surface area contributed by atoms with Crippen molar-refractivity contribution in [3.8, 4) is 0 Å². The number of carbonyl (C=O) groups excluding carboxylic acids is 8. The summed E-state index contributed by atoms with van der Waals surface area (Å²) in [4.78, 5) is 115. The van der Waals surface area contributed by atoms with Crippen LogP contribution in [0.5, 0.6) is 0 Å². The van der Waals surface area contributed by atoms with Crippen LogP contribution in [0.1, 0.15) is 138 Å². The van der Waals surface area contributed by atoms with Gasteiger partial charge >= 0.3 is 6.03 Å². The van der Waals surface area contributed by atoms with Crippen LogP contribution in [0.2, 0.25) is 0 Å². The van der Waals surface area contributed by atoms with Gasteiger partial charge in [0, 0.05) is 53.0 Å². The Hall–Kier alpha value is -6.24. The van der Waals surface area contributed by atoms with Crippen LogP contribution in [0.4, 0.5) is 10.5 Å². The van der Waals surface area contributed by atoms with Crippen molar-refractivity contribution in [1.29, 1.82) is 0 Å². The van der Waals surface area contributed by atoms with E-state index in [1.807, 2.05) is 117 Å². The summed E-state index contributed by atoms with van der Waals surface area (Å²) in [6.07, 6.45) is 3.50. The molecule has 1 heterocycles. The Kier molecular flexibility index (Phi) is 33.7. The number of nitrogens with two attached hydrogens (primary N) is 2. The molecule has 3 rings (SSSR count). The maximum atomic E-state index is 14.6. The fraction of sp³-hybridized carbons (Fsp3) is 0.692. The van der Waals surface area contributed by atoms with Gasteiger partial charge in [-0.25, -0.2) is 4.79 Å². The second-order valence-electron chi connectivity index (χ2n) is 25.0. The molecule has 0 aliphatic carbocycles. The second-order valence-corrected chi connectivity index (χ2v) is 25.0. The number of ether oxygens (including phenoxy) is 2. The minimum Gasteiger partial charge on any atom is -0.379 e. The molecule has 0 aromatic heterocycles. The predicted molar refractivity (Wildman–Crippen MR) is 343 cm³/mol. The highest BCUT2D eigenvalue weighted by Gasteiger charge is 2.44. The van der Waals surface area contributed by atoms with Crippen LogP contribution in [0.25, 0.3) is 0 Å². The van der Waals surface area contributed by atoms with E-state index in [1.165, 1.54) is 14.2 Å². The second kappa shape index (κ2) is 39.0. The van der Waals surface area contributed by atoms with Gasteiger partial charge < -0.3 is 67.7 Å². The summed E-state index contributed by atoms with van der Waals surface area (Å²) in [5.41, 5.74) is 13.0. The zero-order valence-corrected chi connectivity index (χ0v) is 55.2. The number of nitrogens with zero attached hydrogens (tertiary/aromatic N) is 3. The lowest BCUT2D eigenvalue weighted by Gasteiger charge is -2.41. The summed E-state index contributed by atoms with van der Waals surface area (Å²) in [5.74, 6) is -3.79. The lowest BCUT2D eigenvalue weighted by atomic mass is 9.89. The zero-order valence-electron chi connectivity index (χ0n) is 55.2. The molecule has 2 aromatic carbocycles. The van der Waals surface area contributed by atoms with Crippen molar-refractivity contribution in [2.75, 3.05) is 66.9 Å². The van der Waals surface area contributed by atoms with Crippen LogP contribution in [0, 0.1) is 29.6 Å². The van der Waals surface area contributed by atoms with Crippen LogP contribution >= 0.6 is 0 Å². The molecule has 12 atom stereocenters. The van der Waals surface area contributed by atoms with Crippen LogP contribution in [-0.4, -0.2) is 189 Å². The summed E-state index contributed by atoms with van der Waals surface area (Å²) in [6, 6.07) is 10.7. The standard InChI is InChI=1S/C65H110N12O11/c1-15-43(8)57(76(12)64(85)55(41(4)5)74-63(84)56(42(6)7)75(10)11)51(87-13)39-53(79)77-37-23-27-50(77)58(88-14)44(9)59(80)72-49(38-46-24-18-16-19-25-46)60(81)68-36-33-45-29-31-47(32-30-45)70-61(82)48(26-22-35-69-65(67)86)71-62(83)54(40(2)3)73-52(78)28-20-17-21-34-66/h16,18-19,24-25,29-32,40-44,48-52,54-58,73,78H,15,17,20-23,26-28,33-39,66H2,1-14H3,(H,68,81)(H,70,82)(H,71,83)(H,72,80)(H,74,84)(H3,67,69,86)/t43-,44?,48?,49-,50-,51?,52?,54+,55-,56?,57?,58+/m0/s1. The van der Waals surface area contributed by atoms with Gasteiger partial charge in [0.25, 0.3) is 0 Å². The number of likely N-dealkylation sites (N-methyl/N-ethyl adjacent to an activating group) is 2. The van der Waals surface area contributed by atoms with Crippen LogP contribution in [0.3, 0.4) is 0 Å². The number of unbranched alkanes of at least 4 members (excludes halogenated alkanes) is 2. The van der Waals surface area contributed by atoms with E-state index in [1.54, 1.807) is 35.9 Å². The number of hydrogen-bond donors (Lipinski definition) is 10. The smallest absolute Gasteiger partial charge is 0.312 e. The van der Waals surface area contributed by atoms with Crippen LogP contribution in [-0.2, 0) is 55.9 Å². The van der Waals surface area contributed by atoms with Gasteiger partial charge in [-0.2, -0.15) is 0 Å². The Morgan fingerprint density at radius 2 is 1.34 bits per heavy atom. The largest absolute Gasteiger partial charge is 0.379 e. The quantitative estimate of drug-likeness (QED) is 0.0333. The molecular formula is C65H110N12O11. The summed E-state index contributed by atoms with van der Waals surface area (Å²) >= 11 is 0. The van der Waals surface area contributed by atoms with E-state index >= 15 is 0 Å². The molecular weight excluding hydrogens is 1120 g/mol. The number of urea groups is 1. The lowest BCUT2D eigenvalue weighted by molar-refractivity contribution is -0.148. The normalized spacial score (nSPS) is 17.2. The molecule has 6 unspecified atom stereocenters. The number of nitrogens with one attached hydrogen (secondary N) is 7. The van der Waals surface area contributed by atoms with E-state index in [0.29, 0.717) is 57.3 Å². The van der Waals surface area contributed by atoms with Crippen molar-refractivity contribution in [1.82, 2.24) is 46.6 Å². The monoisotopic (exact) mass is 1230 g/mol. The van der Waals surface area contributed by atoms with E-state index in [4.69, 9.17) is 20.9 Å². The number of aliphatic hydroxyl groups is 1. The molecule has 0 spiro atoms. The Morgan fingerprint density at radius 3 is 1.91 bits per heavy atom. The number of aliphatic hydroxyl groups excluding tert-OH is 1. The van der Waals surface area contributed by atoms with Crippen molar-refractivity contribution >= 4 is 53.1 Å². The van der Waals surface area contributed by atoms with E-state index in [-0.39, 0.29) is 73.7 Å². The fourth-order valence-corrected chi connectivity index (χ4v) is 11.8. The maximum Gasteiger partial charge on any atom is 0.312 e. The predicted octanol–water partition coefficient (Wildman–Crippen LogP) is 4.04. The summed E-state index contributed by atoms with van der Waals surface area (Å²) in [5, 5.41) is 31.0. The van der Waals surface area contributed by atoms with Crippen molar-refractivity contribution in [3.63, 3.8) is 0 Å². The number of rotatable bonds is 40. The first-order chi connectivity index (χ1) is 41.7. The minimum atomic E-state index is -0.990. The highest BCUT2D eigenvalue weighted by Crippen LogP contribution is 2.30. The van der Waals surface area contributed by atoms with Gasteiger partial charge in [-0.05, 0) is 119 Å². The minimum absolute atomic E-state index is 0.00487. The van der Waals surface area contributed by atoms with Gasteiger partial charge in [0.15, 0.2) is 0 Å². The first-order valence-electron chi connectivity index (χ1n) is 31.8. The highest BCUT2D eigenvalue weighted by atomic mass is 16.5. The number of amides is 9. The third-order valence-corrected chi connectivity index (χ3v) is 16.9. The van der Waals surface area contributed by atoms with Crippen molar-refractivity contribution in [3.05, 3.63) is 65.7 Å². The number of carbonyl (C=O) groups is 8. The average Bonchev–Trinajstić information content (AvgIpc) is 2.47. The summed E-state index contributed by atoms with van der Waals surface area (Å²) in [7, 11) is 8.45. The molecule has 9 amide bonds. The lowest BCUT2D eigenvalue weighted by Crippen LogP contribution is -2.59. The number of anilines is 1. The molecule has 0 radical (unpaired) electrons. The number of hydrogen-bond acceptors (Lipinski definition) is 14. The number of likely N-dealkylation sites (tertiary alicyclic amines) is 1. The molecule has 0 bridgehead atoms. The number of benzene rings is 2. The number of primary amides is 1. The summed E-state index contributed by atoms with van der Waals surface area (Å²) < 4.78 is 12.2. The van der Waals surface area contributed by atoms with Gasteiger partial charge in [-0.15, -0.1) is 0 Å². The van der Waals surface area contributed by atoms with Gasteiger partial charge in [0.1, 0.15) is 24.4 Å². The van der Waals surface area contributed by atoms with E-state index < -0.39 is 96.3 Å². The van der Waals surface area contributed by atoms with Crippen LogP contribution < -0.4 is 48.7 Å². The Balaban J connectivity index is 1.73. The fourth-order valence-electron chi connectivity index (χ4n) is 11.8. The van der Waals surface area contributed by atoms with Crippen molar-refractivity contribution < 1.29 is 52.9 Å². The molecule has 12 N–H and O–H groups in total. The molecule has 88 heavy (non-hydrogen) atoms. The van der Waals surface area contributed by atoms with E-state index in [9.17, 15) is 43.5 Å². The summed E-state index contributed by atoms with van der Waals surface area (Å²) in [6.45, 7) is 18.6. The molecule has 0 saturated carbocycles. The zero-order chi connectivity index (χ0) is 65.8. The Bertz CT molecular complexity index is 2460. The van der Waals surface area contributed by atoms with E-state index in [0.717, 1.165) is 30.4 Å². The average molecular weight is 1240 g/mol. The Morgan fingerprint density at radius 1 is 0.693 bits per heavy atom. The number of methoxy groups -OCH3 is 2. The topological polar surface area (TPSA) is 321 Å². The molecule has 23 nitrogen and oxygen atoms in total. The van der Waals surface area contributed by atoms with Crippen molar-refractivity contribution in [2.45, 2.75) is 200 Å². The molecule has 23 heteroatoms. The van der Waals surface area contributed by atoms with Crippen molar-refractivity contribution in [2.24, 2.45) is 41.1 Å². The molecule has 2 aromatic rings. The molecule has 1 saturated heterocycles. The SMILES string of the molecule is CC[C@H](C)C(C(CC(=O)N1CCC[C@H]1[C@H](OC)C(C)C(=O)N[C@@H](Cc1ccccc1)C(=O)NCCc1ccc(NC(=O)C(CCCNC(N)=O)NC(=O)[C@H](NC(O)CCCCCN)C(C)C)cc1)OC)N(C)C(=O)[C@@H](NC(=O)C(C(C)C)N(C)C)C(C)C. The molecule has 496 valence electrons. The molecule has 1 fully saturated rings. The van der Waals surface area contributed by atoms with Gasteiger partial charge in [0.05, 0.1) is 48.7 Å². The Labute approximate surface area is 524 Å². The maximum absolute atomic E-state index is 14.6. The van der Waals surface area contributed by atoms with Crippen LogP contribution in [0.15, 0.2) is 54.6 Å². The molecule has 1 aliphatic heterocycles. The van der Waals surface area contributed by atoms with Gasteiger partial charge in [-0.3, -0.25) is 43.8 Å². The third-order valence-electron chi connectivity index (χ3n) is 16.9. The first kappa shape index (κ1) is 76.0. The van der Waals surface area contributed by atoms with Gasteiger partial charge in [-0.1, -0.05) is 118 Å². The first-order valence-corrected chi connectivity index (χ1v) is 31.8. The van der Waals surface area contributed by atoms with Gasteiger partial charge in [0.2, 0.25) is 41.4 Å².